The molecule has 0 aliphatic heterocycles. The maximum absolute atomic E-state index is 12.0. The third-order valence-corrected chi connectivity index (χ3v) is 4.42. The van der Waals surface area contributed by atoms with Gasteiger partial charge in [-0.05, 0) is 37.5 Å². The van der Waals surface area contributed by atoms with E-state index in [0.717, 1.165) is 18.4 Å². The first-order chi connectivity index (χ1) is 8.99. The van der Waals surface area contributed by atoms with Gasteiger partial charge in [0.1, 0.15) is 0 Å². The summed E-state index contributed by atoms with van der Waals surface area (Å²) in [5, 5.41) is 2.71. The molecular formula is C13H18N2O3S. The van der Waals surface area contributed by atoms with Gasteiger partial charge in [0, 0.05) is 19.0 Å². The second kappa shape index (κ2) is 5.71. The summed E-state index contributed by atoms with van der Waals surface area (Å²) in [7, 11) is -3.49. The van der Waals surface area contributed by atoms with Crippen molar-refractivity contribution in [2.75, 3.05) is 13.1 Å². The molecule has 2 rings (SSSR count). The lowest BCUT2D eigenvalue weighted by atomic mass is 10.2. The highest BCUT2D eigenvalue weighted by molar-refractivity contribution is 7.89. The van der Waals surface area contributed by atoms with E-state index in [4.69, 9.17) is 0 Å². The third kappa shape index (κ3) is 4.04. The Morgan fingerprint density at radius 1 is 1.32 bits per heavy atom. The molecule has 0 radical (unpaired) electrons. The highest BCUT2D eigenvalue weighted by Gasteiger charge is 2.29. The molecule has 1 fully saturated rings. The lowest BCUT2D eigenvalue weighted by Gasteiger charge is -2.08. The topological polar surface area (TPSA) is 75.3 Å². The van der Waals surface area contributed by atoms with Gasteiger partial charge in [0.2, 0.25) is 15.9 Å². The Kier molecular flexibility index (Phi) is 4.21. The molecule has 1 saturated carbocycles. The minimum atomic E-state index is -3.49. The van der Waals surface area contributed by atoms with Crippen LogP contribution in [0.2, 0.25) is 0 Å². The molecule has 1 aliphatic rings. The predicted octanol–water partition coefficient (Wildman–Crippen LogP) is 0.800. The van der Waals surface area contributed by atoms with Crippen LogP contribution in [0.4, 0.5) is 0 Å². The van der Waals surface area contributed by atoms with Crippen LogP contribution < -0.4 is 10.0 Å². The van der Waals surface area contributed by atoms with E-state index in [1.54, 1.807) is 18.2 Å². The fourth-order valence-corrected chi connectivity index (χ4v) is 2.86. The van der Waals surface area contributed by atoms with Crippen molar-refractivity contribution in [3.05, 3.63) is 29.8 Å². The summed E-state index contributed by atoms with van der Waals surface area (Å²) in [6.07, 6.45) is 1.89. The summed E-state index contributed by atoms with van der Waals surface area (Å²) >= 11 is 0. The van der Waals surface area contributed by atoms with Crippen molar-refractivity contribution in [2.45, 2.75) is 24.7 Å². The molecule has 1 aromatic carbocycles. The maximum Gasteiger partial charge on any atom is 0.240 e. The number of sulfonamides is 1. The van der Waals surface area contributed by atoms with Gasteiger partial charge < -0.3 is 5.32 Å². The van der Waals surface area contributed by atoms with Crippen LogP contribution in [0.3, 0.4) is 0 Å². The van der Waals surface area contributed by atoms with Crippen molar-refractivity contribution < 1.29 is 13.2 Å². The minimum absolute atomic E-state index is 0.0229. The van der Waals surface area contributed by atoms with E-state index in [0.29, 0.717) is 6.54 Å². The highest BCUT2D eigenvalue weighted by atomic mass is 32.2. The molecule has 0 aromatic heterocycles. The van der Waals surface area contributed by atoms with Crippen LogP contribution in [-0.4, -0.2) is 27.4 Å². The Morgan fingerprint density at radius 2 is 2.05 bits per heavy atom. The maximum atomic E-state index is 12.0. The first-order valence-electron chi connectivity index (χ1n) is 6.33. The predicted molar refractivity (Wildman–Crippen MR) is 72.1 cm³/mol. The molecule has 0 spiro atoms. The lowest BCUT2D eigenvalue weighted by molar-refractivity contribution is -0.122. The van der Waals surface area contributed by atoms with Gasteiger partial charge >= 0.3 is 0 Å². The summed E-state index contributed by atoms with van der Waals surface area (Å²) in [5.41, 5.74) is 0.893. The van der Waals surface area contributed by atoms with Crippen molar-refractivity contribution in [1.82, 2.24) is 10.0 Å². The molecule has 0 saturated heterocycles. The van der Waals surface area contributed by atoms with E-state index in [-0.39, 0.29) is 23.3 Å². The molecule has 1 aromatic rings. The first kappa shape index (κ1) is 14.0. The Labute approximate surface area is 113 Å². The average molecular weight is 282 g/mol. The molecular weight excluding hydrogens is 264 g/mol. The zero-order chi connectivity index (χ0) is 13.9. The van der Waals surface area contributed by atoms with Gasteiger partial charge in [-0.3, -0.25) is 4.79 Å². The molecule has 0 unspecified atom stereocenters. The molecule has 2 N–H and O–H groups in total. The third-order valence-electron chi connectivity index (χ3n) is 2.96. The fourth-order valence-electron chi connectivity index (χ4n) is 1.73. The fraction of sp³-hybridized carbons (Fsp3) is 0.462. The van der Waals surface area contributed by atoms with Gasteiger partial charge in [-0.25, -0.2) is 13.1 Å². The van der Waals surface area contributed by atoms with Crippen molar-refractivity contribution >= 4 is 15.9 Å². The van der Waals surface area contributed by atoms with Gasteiger partial charge in [0.15, 0.2) is 0 Å². The summed E-state index contributed by atoms with van der Waals surface area (Å²) in [6, 6.07) is 6.72. The van der Waals surface area contributed by atoms with E-state index in [1.165, 1.54) is 0 Å². The van der Waals surface area contributed by atoms with Gasteiger partial charge in [0.25, 0.3) is 0 Å². The van der Waals surface area contributed by atoms with Crippen LogP contribution in [0.25, 0.3) is 0 Å². The van der Waals surface area contributed by atoms with Crippen LogP contribution in [0.15, 0.2) is 29.2 Å². The zero-order valence-corrected chi connectivity index (χ0v) is 11.7. The Balaban J connectivity index is 1.82. The SMILES string of the molecule is Cc1cccc(S(=O)(=O)NCCNC(=O)C2CC2)c1. The van der Waals surface area contributed by atoms with Crippen molar-refractivity contribution in [1.29, 1.82) is 0 Å². The number of rotatable bonds is 6. The molecule has 104 valence electrons. The van der Waals surface area contributed by atoms with Crippen LogP contribution >= 0.6 is 0 Å². The zero-order valence-electron chi connectivity index (χ0n) is 10.8. The standard InChI is InChI=1S/C13H18N2O3S/c1-10-3-2-4-12(9-10)19(17,18)15-8-7-14-13(16)11-5-6-11/h2-4,9,11,15H,5-8H2,1H3,(H,14,16). The number of hydrogen-bond donors (Lipinski definition) is 2. The molecule has 0 atom stereocenters. The number of nitrogens with one attached hydrogen (secondary N) is 2. The highest BCUT2D eigenvalue weighted by Crippen LogP contribution is 2.28. The van der Waals surface area contributed by atoms with Gasteiger partial charge in [-0.2, -0.15) is 0 Å². The number of aryl methyl sites for hydroxylation is 1. The van der Waals surface area contributed by atoms with E-state index >= 15 is 0 Å². The quantitative estimate of drug-likeness (QED) is 0.758. The van der Waals surface area contributed by atoms with E-state index in [2.05, 4.69) is 10.0 Å². The average Bonchev–Trinajstić information content (AvgIpc) is 3.18. The van der Waals surface area contributed by atoms with Crippen molar-refractivity contribution in [3.63, 3.8) is 0 Å². The first-order valence-corrected chi connectivity index (χ1v) is 7.81. The van der Waals surface area contributed by atoms with Crippen LogP contribution in [0.5, 0.6) is 0 Å². The van der Waals surface area contributed by atoms with E-state index in [9.17, 15) is 13.2 Å². The second-order valence-electron chi connectivity index (χ2n) is 4.78. The second-order valence-corrected chi connectivity index (χ2v) is 6.55. The Bertz CT molecular complexity index is 565. The van der Waals surface area contributed by atoms with Gasteiger partial charge in [0.05, 0.1) is 4.90 Å². The largest absolute Gasteiger partial charge is 0.355 e. The van der Waals surface area contributed by atoms with Crippen LogP contribution in [0, 0.1) is 12.8 Å². The Morgan fingerprint density at radius 3 is 2.68 bits per heavy atom. The van der Waals surface area contributed by atoms with Crippen molar-refractivity contribution in [3.8, 4) is 0 Å². The summed E-state index contributed by atoms with van der Waals surface area (Å²) in [5.74, 6) is 0.170. The monoisotopic (exact) mass is 282 g/mol. The number of benzene rings is 1. The minimum Gasteiger partial charge on any atom is -0.355 e. The summed E-state index contributed by atoms with van der Waals surface area (Å²) in [4.78, 5) is 11.6. The molecule has 5 nitrogen and oxygen atoms in total. The van der Waals surface area contributed by atoms with Crippen LogP contribution in [0.1, 0.15) is 18.4 Å². The summed E-state index contributed by atoms with van der Waals surface area (Å²) < 4.78 is 26.4. The van der Waals surface area contributed by atoms with E-state index < -0.39 is 10.0 Å². The molecule has 0 heterocycles. The van der Waals surface area contributed by atoms with Crippen molar-refractivity contribution in [2.24, 2.45) is 5.92 Å². The molecule has 6 heteroatoms. The van der Waals surface area contributed by atoms with E-state index in [1.807, 2.05) is 13.0 Å². The normalized spacial score (nSPS) is 15.2. The van der Waals surface area contributed by atoms with Gasteiger partial charge in [-0.1, -0.05) is 12.1 Å². The Hall–Kier alpha value is -1.40. The molecule has 1 amide bonds. The molecule has 19 heavy (non-hydrogen) atoms. The number of hydrogen-bond acceptors (Lipinski definition) is 3. The number of carbonyl (C=O) groups excluding carboxylic acids is 1. The van der Waals surface area contributed by atoms with Crippen LogP contribution in [-0.2, 0) is 14.8 Å². The molecule has 0 bridgehead atoms. The molecule has 1 aliphatic carbocycles. The lowest BCUT2D eigenvalue weighted by Crippen LogP contribution is -2.35. The number of amides is 1. The van der Waals surface area contributed by atoms with Gasteiger partial charge in [-0.15, -0.1) is 0 Å². The number of carbonyl (C=O) groups is 1. The smallest absolute Gasteiger partial charge is 0.240 e. The summed E-state index contributed by atoms with van der Waals surface area (Å²) in [6.45, 7) is 2.37.